The van der Waals surface area contributed by atoms with Gasteiger partial charge in [0, 0.05) is 18.2 Å². The Bertz CT molecular complexity index is 1340. The zero-order valence-electron chi connectivity index (χ0n) is 17.3. The zero-order valence-corrected chi connectivity index (χ0v) is 18.2. The molecule has 0 heterocycles. The van der Waals surface area contributed by atoms with Crippen molar-refractivity contribution in [2.24, 2.45) is 5.10 Å². The van der Waals surface area contributed by atoms with Crippen molar-refractivity contribution in [3.8, 4) is 0 Å². The normalized spacial score (nSPS) is 11.2. The molecule has 34 heavy (non-hydrogen) atoms. The molecule has 0 bridgehead atoms. The van der Waals surface area contributed by atoms with Crippen LogP contribution >= 0.6 is 0 Å². The predicted molar refractivity (Wildman–Crippen MR) is 123 cm³/mol. The highest BCUT2D eigenvalue weighted by Gasteiger charge is 2.31. The van der Waals surface area contributed by atoms with Crippen LogP contribution in [0, 0.1) is 20.2 Å². The number of rotatable bonds is 9. The highest BCUT2D eigenvalue weighted by Crippen LogP contribution is 2.31. The minimum atomic E-state index is -4.34. The molecule has 12 nitrogen and oxygen atoms in total. The fraction of sp³-hybridized carbons (Fsp3) is 0.0476. The molecule has 1 N–H and O–H groups in total. The summed E-state index contributed by atoms with van der Waals surface area (Å²) in [6.45, 7) is -0.792. The summed E-state index contributed by atoms with van der Waals surface area (Å²) in [7, 11) is -4.34. The number of nitro benzene ring substituents is 2. The Morgan fingerprint density at radius 3 is 2.15 bits per heavy atom. The average molecular weight is 483 g/mol. The third kappa shape index (κ3) is 5.58. The van der Waals surface area contributed by atoms with Crippen LogP contribution in [0.3, 0.4) is 0 Å². The molecule has 3 aromatic rings. The lowest BCUT2D eigenvalue weighted by Gasteiger charge is -2.23. The number of hydrogen-bond donors (Lipinski definition) is 1. The first-order valence-electron chi connectivity index (χ1n) is 9.57. The first-order chi connectivity index (χ1) is 16.2. The monoisotopic (exact) mass is 483 g/mol. The molecule has 13 heteroatoms. The smallest absolute Gasteiger partial charge is 0.271 e. The molecule has 3 aromatic carbocycles. The summed E-state index contributed by atoms with van der Waals surface area (Å²) in [6.07, 6.45) is 1.21. The van der Waals surface area contributed by atoms with E-state index in [-0.39, 0.29) is 16.3 Å². The summed E-state index contributed by atoms with van der Waals surface area (Å²) in [5.41, 5.74) is 1.70. The van der Waals surface area contributed by atoms with Crippen LogP contribution in [0.2, 0.25) is 0 Å². The van der Waals surface area contributed by atoms with Gasteiger partial charge in [-0.1, -0.05) is 30.3 Å². The number of non-ortho nitro benzene ring substituents is 1. The van der Waals surface area contributed by atoms with Crippen LogP contribution < -0.4 is 9.73 Å². The number of carbonyl (C=O) groups is 1. The maximum atomic E-state index is 13.3. The number of sulfonamides is 1. The second kappa shape index (κ2) is 10.3. The molecular weight excluding hydrogens is 466 g/mol. The van der Waals surface area contributed by atoms with Gasteiger partial charge in [0.05, 0.1) is 21.0 Å². The Morgan fingerprint density at radius 2 is 1.53 bits per heavy atom. The Balaban J connectivity index is 1.86. The van der Waals surface area contributed by atoms with Crippen LogP contribution in [0.5, 0.6) is 0 Å². The van der Waals surface area contributed by atoms with E-state index in [4.69, 9.17) is 0 Å². The molecule has 0 spiro atoms. The lowest BCUT2D eigenvalue weighted by atomic mass is 10.2. The fourth-order valence-corrected chi connectivity index (χ4v) is 4.33. The maximum Gasteiger partial charge on any atom is 0.293 e. The number of para-hydroxylation sites is 2. The minimum absolute atomic E-state index is 0.118. The summed E-state index contributed by atoms with van der Waals surface area (Å²) in [4.78, 5) is 33.3. The van der Waals surface area contributed by atoms with E-state index in [1.807, 2.05) is 0 Å². The molecule has 0 aromatic heterocycles. The van der Waals surface area contributed by atoms with Crippen LogP contribution in [0.4, 0.5) is 17.1 Å². The number of amides is 1. The first-order valence-corrected chi connectivity index (χ1v) is 11.0. The lowest BCUT2D eigenvalue weighted by Crippen LogP contribution is -2.39. The van der Waals surface area contributed by atoms with Crippen molar-refractivity contribution in [2.45, 2.75) is 4.90 Å². The van der Waals surface area contributed by atoms with Crippen LogP contribution in [-0.2, 0) is 14.8 Å². The van der Waals surface area contributed by atoms with Crippen LogP contribution in [-0.4, -0.2) is 36.9 Å². The molecule has 0 radical (unpaired) electrons. The van der Waals surface area contributed by atoms with E-state index in [0.29, 0.717) is 9.87 Å². The van der Waals surface area contributed by atoms with E-state index in [0.717, 1.165) is 6.07 Å². The van der Waals surface area contributed by atoms with E-state index in [1.54, 1.807) is 6.07 Å². The Kier molecular flexibility index (Phi) is 7.28. The van der Waals surface area contributed by atoms with Crippen molar-refractivity contribution in [1.29, 1.82) is 0 Å². The lowest BCUT2D eigenvalue weighted by molar-refractivity contribution is -0.384. The van der Waals surface area contributed by atoms with Gasteiger partial charge in [0.2, 0.25) is 0 Å². The largest absolute Gasteiger partial charge is 0.293 e. The second-order valence-electron chi connectivity index (χ2n) is 6.71. The molecule has 174 valence electrons. The summed E-state index contributed by atoms with van der Waals surface area (Å²) >= 11 is 0. The van der Waals surface area contributed by atoms with E-state index in [2.05, 4.69) is 10.5 Å². The molecule has 0 saturated carbocycles. The Hall–Kier alpha value is -4.65. The highest BCUT2D eigenvalue weighted by atomic mass is 32.2. The molecule has 0 aliphatic rings. The molecule has 0 fully saturated rings. The second-order valence-corrected chi connectivity index (χ2v) is 8.57. The molecule has 0 aliphatic heterocycles. The number of hydrazone groups is 1. The van der Waals surface area contributed by atoms with Crippen molar-refractivity contribution in [1.82, 2.24) is 5.43 Å². The van der Waals surface area contributed by atoms with E-state index in [9.17, 15) is 33.4 Å². The van der Waals surface area contributed by atoms with Crippen LogP contribution in [0.1, 0.15) is 5.56 Å². The number of nitrogens with one attached hydrogen (secondary N) is 1. The molecular formula is C21H17N5O7S. The van der Waals surface area contributed by atoms with Crippen molar-refractivity contribution < 1.29 is 23.1 Å². The van der Waals surface area contributed by atoms with Gasteiger partial charge in [0.15, 0.2) is 0 Å². The van der Waals surface area contributed by atoms with Crippen molar-refractivity contribution in [2.75, 3.05) is 10.8 Å². The summed E-state index contributed by atoms with van der Waals surface area (Å²) < 4.78 is 27.1. The topological polar surface area (TPSA) is 165 Å². The first kappa shape index (κ1) is 24.0. The van der Waals surface area contributed by atoms with Crippen molar-refractivity contribution in [3.05, 3.63) is 105 Å². The van der Waals surface area contributed by atoms with Gasteiger partial charge in [-0.05, 0) is 35.9 Å². The van der Waals surface area contributed by atoms with Gasteiger partial charge in [-0.2, -0.15) is 5.10 Å². The van der Waals surface area contributed by atoms with Crippen LogP contribution in [0.25, 0.3) is 0 Å². The highest BCUT2D eigenvalue weighted by molar-refractivity contribution is 7.92. The fourth-order valence-electron chi connectivity index (χ4n) is 2.88. The van der Waals surface area contributed by atoms with Gasteiger partial charge in [-0.25, -0.2) is 18.1 Å². The number of carbonyl (C=O) groups excluding carboxylic acids is 1. The molecule has 0 unspecified atom stereocenters. The average Bonchev–Trinajstić information content (AvgIpc) is 2.83. The Morgan fingerprint density at radius 1 is 0.912 bits per heavy atom. The number of benzene rings is 3. The van der Waals surface area contributed by atoms with Gasteiger partial charge < -0.3 is 0 Å². The van der Waals surface area contributed by atoms with Gasteiger partial charge in [0.1, 0.15) is 12.2 Å². The minimum Gasteiger partial charge on any atom is -0.271 e. The molecule has 3 rings (SSSR count). The number of hydrogen-bond acceptors (Lipinski definition) is 8. The number of anilines is 1. The quantitative estimate of drug-likeness (QED) is 0.277. The van der Waals surface area contributed by atoms with Gasteiger partial charge in [0.25, 0.3) is 27.3 Å². The zero-order chi connectivity index (χ0) is 24.7. The van der Waals surface area contributed by atoms with Gasteiger partial charge >= 0.3 is 0 Å². The third-order valence-electron chi connectivity index (χ3n) is 4.47. The molecule has 0 aliphatic carbocycles. The molecule has 0 saturated heterocycles. The molecule has 1 amide bonds. The summed E-state index contributed by atoms with van der Waals surface area (Å²) in [5.74, 6) is -0.865. The Labute approximate surface area is 193 Å². The van der Waals surface area contributed by atoms with E-state index >= 15 is 0 Å². The number of nitro groups is 2. The SMILES string of the molecule is O=C(CN(c1ccccc1[N+](=O)[O-])S(=O)(=O)c1ccccc1)N/N=C\c1ccc([N+](=O)[O-])cc1. The van der Waals surface area contributed by atoms with Gasteiger partial charge in [-0.3, -0.25) is 25.0 Å². The van der Waals surface area contributed by atoms with E-state index < -0.39 is 38.0 Å². The third-order valence-corrected chi connectivity index (χ3v) is 6.25. The maximum absolute atomic E-state index is 13.3. The standard InChI is InChI=1S/C21H17N5O7S/c27-21(23-22-14-16-10-12-17(13-11-16)25(28)29)15-24(19-8-4-5-9-20(19)26(30)31)34(32,33)18-6-2-1-3-7-18/h1-14H,15H2,(H,23,27)/b22-14-. The number of nitrogens with zero attached hydrogens (tertiary/aromatic N) is 4. The van der Waals surface area contributed by atoms with Crippen LogP contribution in [0.15, 0.2) is 88.9 Å². The van der Waals surface area contributed by atoms with Crippen molar-refractivity contribution in [3.63, 3.8) is 0 Å². The summed E-state index contributed by atoms with van der Waals surface area (Å²) in [6, 6.07) is 17.7. The predicted octanol–water partition coefficient (Wildman–Crippen LogP) is 2.85. The molecule has 0 atom stereocenters. The van der Waals surface area contributed by atoms with E-state index in [1.165, 1.54) is 72.9 Å². The summed E-state index contributed by atoms with van der Waals surface area (Å²) in [5, 5.41) is 25.9. The van der Waals surface area contributed by atoms with Gasteiger partial charge in [-0.15, -0.1) is 0 Å². The van der Waals surface area contributed by atoms with Crippen molar-refractivity contribution >= 4 is 39.2 Å².